The molecule has 2 aromatic carbocycles. The van der Waals surface area contributed by atoms with Crippen LogP contribution >= 0.6 is 0 Å². The summed E-state index contributed by atoms with van der Waals surface area (Å²) in [6, 6.07) is 16.0. The molecule has 148 valence electrons. The largest absolute Gasteiger partial charge is 0.338 e. The van der Waals surface area contributed by atoms with E-state index < -0.39 is 0 Å². The summed E-state index contributed by atoms with van der Waals surface area (Å²) in [6.07, 6.45) is 3.54. The first-order valence-corrected chi connectivity index (χ1v) is 9.80. The highest BCUT2D eigenvalue weighted by Gasteiger charge is 2.26. The number of aryl methyl sites for hydroxylation is 1. The lowest BCUT2D eigenvalue weighted by atomic mass is 9.94. The Bertz CT molecular complexity index is 1020. The summed E-state index contributed by atoms with van der Waals surface area (Å²) in [6.45, 7) is 3.35. The molecule has 1 fully saturated rings. The molecular weight excluding hydrogens is 367 g/mol. The summed E-state index contributed by atoms with van der Waals surface area (Å²) < 4.78 is 13.9. The van der Waals surface area contributed by atoms with E-state index in [-0.39, 0.29) is 17.6 Å². The van der Waals surface area contributed by atoms with E-state index in [2.05, 4.69) is 15.3 Å². The summed E-state index contributed by atoms with van der Waals surface area (Å²) in [4.78, 5) is 23.6. The van der Waals surface area contributed by atoms with Crippen LogP contribution in [0.1, 0.15) is 40.4 Å². The van der Waals surface area contributed by atoms with Gasteiger partial charge in [0, 0.05) is 30.8 Å². The van der Waals surface area contributed by atoms with Crippen molar-refractivity contribution in [1.29, 1.82) is 0 Å². The van der Waals surface area contributed by atoms with E-state index in [9.17, 15) is 9.18 Å². The second kappa shape index (κ2) is 8.39. The fourth-order valence-electron chi connectivity index (χ4n) is 3.71. The molecule has 0 spiro atoms. The molecule has 29 heavy (non-hydrogen) atoms. The van der Waals surface area contributed by atoms with Crippen molar-refractivity contribution in [2.24, 2.45) is 0 Å². The molecular formula is C23H23FN4O. The molecule has 0 aliphatic carbocycles. The Morgan fingerprint density at radius 2 is 2.03 bits per heavy atom. The predicted octanol–water partition coefficient (Wildman–Crippen LogP) is 4.69. The average molecular weight is 390 g/mol. The summed E-state index contributed by atoms with van der Waals surface area (Å²) >= 11 is 0. The molecule has 3 aromatic rings. The van der Waals surface area contributed by atoms with Gasteiger partial charge in [0.15, 0.2) is 0 Å². The third kappa shape index (κ3) is 4.42. The summed E-state index contributed by atoms with van der Waals surface area (Å²) in [5, 5.41) is 2.94. The molecule has 1 atom stereocenters. The van der Waals surface area contributed by atoms with Gasteiger partial charge in [-0.25, -0.2) is 14.4 Å². The van der Waals surface area contributed by atoms with Crippen LogP contribution < -0.4 is 5.32 Å². The van der Waals surface area contributed by atoms with Gasteiger partial charge in [-0.15, -0.1) is 0 Å². The van der Waals surface area contributed by atoms with Crippen molar-refractivity contribution in [2.75, 3.05) is 18.4 Å². The van der Waals surface area contributed by atoms with Crippen molar-refractivity contribution >= 4 is 17.5 Å². The lowest BCUT2D eigenvalue weighted by Gasteiger charge is -2.32. The zero-order chi connectivity index (χ0) is 20.2. The van der Waals surface area contributed by atoms with Crippen molar-refractivity contribution in [1.82, 2.24) is 14.9 Å². The first-order chi connectivity index (χ1) is 14.1. The van der Waals surface area contributed by atoms with Crippen LogP contribution in [0.25, 0.3) is 0 Å². The highest BCUT2D eigenvalue weighted by Crippen LogP contribution is 2.27. The molecule has 0 unspecified atom stereocenters. The van der Waals surface area contributed by atoms with Gasteiger partial charge in [-0.1, -0.05) is 29.8 Å². The first kappa shape index (κ1) is 19.1. The van der Waals surface area contributed by atoms with Crippen molar-refractivity contribution in [3.63, 3.8) is 0 Å². The SMILES string of the molecule is Cc1cccc(C(=O)N2CCC[C@@H](c3ccnc(Nc4ccccc4F)n3)C2)c1. The Labute approximate surface area is 169 Å². The highest BCUT2D eigenvalue weighted by molar-refractivity contribution is 5.94. The van der Waals surface area contributed by atoms with Crippen LogP contribution in [0.4, 0.5) is 16.0 Å². The molecule has 1 aliphatic heterocycles. The van der Waals surface area contributed by atoms with Crippen LogP contribution in [0.5, 0.6) is 0 Å². The molecule has 0 bridgehead atoms. The highest BCUT2D eigenvalue weighted by atomic mass is 19.1. The quantitative estimate of drug-likeness (QED) is 0.702. The number of likely N-dealkylation sites (tertiary alicyclic amines) is 1. The number of rotatable bonds is 4. The molecule has 0 saturated carbocycles. The van der Waals surface area contributed by atoms with Gasteiger partial charge in [-0.2, -0.15) is 0 Å². The number of carbonyl (C=O) groups is 1. The van der Waals surface area contributed by atoms with Gasteiger partial charge in [0.2, 0.25) is 5.95 Å². The fourth-order valence-corrected chi connectivity index (χ4v) is 3.71. The van der Waals surface area contributed by atoms with E-state index in [0.717, 1.165) is 36.2 Å². The Morgan fingerprint density at radius 1 is 1.17 bits per heavy atom. The van der Waals surface area contributed by atoms with Gasteiger partial charge >= 0.3 is 0 Å². The van der Waals surface area contributed by atoms with E-state index >= 15 is 0 Å². The van der Waals surface area contributed by atoms with Gasteiger partial charge in [0.1, 0.15) is 5.82 Å². The summed E-state index contributed by atoms with van der Waals surface area (Å²) in [7, 11) is 0. The molecule has 0 radical (unpaired) electrons. The second-order valence-electron chi connectivity index (χ2n) is 7.37. The maximum absolute atomic E-state index is 13.9. The van der Waals surface area contributed by atoms with Gasteiger partial charge in [-0.3, -0.25) is 4.79 Å². The molecule has 2 heterocycles. The Morgan fingerprint density at radius 3 is 2.86 bits per heavy atom. The van der Waals surface area contributed by atoms with Crippen LogP contribution in [0, 0.1) is 12.7 Å². The third-order valence-corrected chi connectivity index (χ3v) is 5.19. The van der Waals surface area contributed by atoms with Crippen LogP contribution in [-0.2, 0) is 0 Å². The molecule has 1 amide bonds. The number of hydrogen-bond donors (Lipinski definition) is 1. The van der Waals surface area contributed by atoms with Gasteiger partial charge in [-0.05, 0) is 50.1 Å². The molecule has 1 aromatic heterocycles. The van der Waals surface area contributed by atoms with E-state index in [1.807, 2.05) is 42.2 Å². The normalized spacial score (nSPS) is 16.5. The predicted molar refractivity (Wildman–Crippen MR) is 111 cm³/mol. The van der Waals surface area contributed by atoms with Crippen molar-refractivity contribution in [2.45, 2.75) is 25.7 Å². The number of hydrogen-bond acceptors (Lipinski definition) is 4. The van der Waals surface area contributed by atoms with Crippen LogP contribution in [0.2, 0.25) is 0 Å². The number of halogens is 1. The number of nitrogens with zero attached hydrogens (tertiary/aromatic N) is 3. The summed E-state index contributed by atoms with van der Waals surface area (Å²) in [5.74, 6) is 0.183. The first-order valence-electron chi connectivity index (χ1n) is 9.80. The van der Waals surface area contributed by atoms with E-state index in [1.165, 1.54) is 6.07 Å². The average Bonchev–Trinajstić information content (AvgIpc) is 2.75. The third-order valence-electron chi connectivity index (χ3n) is 5.19. The number of aromatic nitrogens is 2. The van der Waals surface area contributed by atoms with Crippen molar-refractivity contribution in [3.8, 4) is 0 Å². The van der Waals surface area contributed by atoms with Gasteiger partial charge < -0.3 is 10.2 Å². The Kier molecular flexibility index (Phi) is 5.51. The summed E-state index contributed by atoms with van der Waals surface area (Å²) in [5.41, 5.74) is 2.99. The number of anilines is 2. The second-order valence-corrected chi connectivity index (χ2v) is 7.37. The van der Waals surface area contributed by atoms with Crippen LogP contribution in [0.15, 0.2) is 60.8 Å². The standard InChI is InChI=1S/C23H23FN4O/c1-16-6-4-7-17(14-16)22(29)28-13-5-8-18(15-28)20-11-12-25-23(26-20)27-21-10-3-2-9-19(21)24/h2-4,6-7,9-12,14,18H,5,8,13,15H2,1H3,(H,25,26,27)/t18-/m1/s1. The molecule has 5 nitrogen and oxygen atoms in total. The number of benzene rings is 2. The van der Waals surface area contributed by atoms with Crippen molar-refractivity contribution < 1.29 is 9.18 Å². The van der Waals surface area contributed by atoms with Crippen LogP contribution in [-0.4, -0.2) is 33.9 Å². The van der Waals surface area contributed by atoms with E-state index in [0.29, 0.717) is 18.2 Å². The Hall–Kier alpha value is -3.28. The molecule has 6 heteroatoms. The minimum Gasteiger partial charge on any atom is -0.338 e. The monoisotopic (exact) mass is 390 g/mol. The van der Waals surface area contributed by atoms with Gasteiger partial charge in [0.25, 0.3) is 5.91 Å². The topological polar surface area (TPSA) is 58.1 Å². The fraction of sp³-hybridized carbons (Fsp3) is 0.261. The maximum Gasteiger partial charge on any atom is 0.253 e. The molecule has 1 aliphatic rings. The smallest absolute Gasteiger partial charge is 0.253 e. The van der Waals surface area contributed by atoms with Crippen molar-refractivity contribution in [3.05, 3.63) is 83.4 Å². The number of piperidine rings is 1. The maximum atomic E-state index is 13.9. The lowest BCUT2D eigenvalue weighted by Crippen LogP contribution is -2.39. The van der Waals surface area contributed by atoms with E-state index in [1.54, 1.807) is 24.4 Å². The Balaban J connectivity index is 1.50. The number of carbonyl (C=O) groups excluding carboxylic acids is 1. The molecule has 4 rings (SSSR count). The van der Waals surface area contributed by atoms with E-state index in [4.69, 9.17) is 0 Å². The molecule has 1 N–H and O–H groups in total. The number of nitrogens with one attached hydrogen (secondary N) is 1. The van der Waals surface area contributed by atoms with Crippen LogP contribution in [0.3, 0.4) is 0 Å². The van der Waals surface area contributed by atoms with Gasteiger partial charge in [0.05, 0.1) is 11.4 Å². The minimum atomic E-state index is -0.353. The zero-order valence-corrected chi connectivity index (χ0v) is 16.3. The molecule has 1 saturated heterocycles. The lowest BCUT2D eigenvalue weighted by molar-refractivity contribution is 0.0706. The number of para-hydroxylation sites is 1. The number of amides is 1. The minimum absolute atomic E-state index is 0.0529. The zero-order valence-electron chi connectivity index (χ0n) is 16.3.